The molecule has 0 bridgehead atoms. The highest BCUT2D eigenvalue weighted by Crippen LogP contribution is 2.49. The molecular formula is C17H14ClN. The Labute approximate surface area is 117 Å². The van der Waals surface area contributed by atoms with Gasteiger partial charge in [-0.2, -0.15) is 0 Å². The fourth-order valence-electron chi connectivity index (χ4n) is 3.25. The van der Waals surface area contributed by atoms with Crippen molar-refractivity contribution in [3.05, 3.63) is 58.9 Å². The first-order valence-corrected chi connectivity index (χ1v) is 6.87. The number of hydrogen-bond acceptors (Lipinski definition) is 0. The van der Waals surface area contributed by atoms with Crippen LogP contribution in [0.15, 0.2) is 42.6 Å². The molecule has 0 radical (unpaired) electrons. The van der Waals surface area contributed by atoms with Gasteiger partial charge in [0, 0.05) is 27.9 Å². The van der Waals surface area contributed by atoms with E-state index in [-0.39, 0.29) is 5.41 Å². The van der Waals surface area contributed by atoms with E-state index in [1.54, 1.807) is 0 Å². The van der Waals surface area contributed by atoms with E-state index < -0.39 is 0 Å². The van der Waals surface area contributed by atoms with Gasteiger partial charge in [0.1, 0.15) is 0 Å². The van der Waals surface area contributed by atoms with Crippen molar-refractivity contribution in [2.24, 2.45) is 0 Å². The average Bonchev–Trinajstić information content (AvgIpc) is 2.92. The van der Waals surface area contributed by atoms with Crippen LogP contribution in [-0.2, 0) is 5.41 Å². The van der Waals surface area contributed by atoms with Crippen LogP contribution in [0.4, 0.5) is 0 Å². The standard InChI is InChI=1S/C17H14ClN/c1-17(2)15-9-10-3-4-12(18)7-11(10)8-14(15)13-5-6-19-16(13)17/h3-9,19H,1-2H3. The molecule has 0 saturated heterocycles. The molecule has 4 rings (SSSR count). The summed E-state index contributed by atoms with van der Waals surface area (Å²) in [7, 11) is 0. The fourth-order valence-corrected chi connectivity index (χ4v) is 3.43. The minimum atomic E-state index is 0.0436. The molecule has 0 spiro atoms. The summed E-state index contributed by atoms with van der Waals surface area (Å²) >= 11 is 6.10. The summed E-state index contributed by atoms with van der Waals surface area (Å²) < 4.78 is 0. The zero-order valence-electron chi connectivity index (χ0n) is 10.9. The first kappa shape index (κ1) is 11.1. The van der Waals surface area contributed by atoms with Gasteiger partial charge >= 0.3 is 0 Å². The van der Waals surface area contributed by atoms with E-state index in [2.05, 4.69) is 43.1 Å². The average molecular weight is 268 g/mol. The Hall–Kier alpha value is -1.73. The molecule has 0 atom stereocenters. The lowest BCUT2D eigenvalue weighted by molar-refractivity contribution is 0.640. The van der Waals surface area contributed by atoms with Crippen LogP contribution >= 0.6 is 11.6 Å². The Morgan fingerprint density at radius 2 is 1.79 bits per heavy atom. The van der Waals surface area contributed by atoms with Crippen molar-refractivity contribution in [1.29, 1.82) is 0 Å². The van der Waals surface area contributed by atoms with Gasteiger partial charge in [0.2, 0.25) is 0 Å². The van der Waals surface area contributed by atoms with Crippen LogP contribution in [0.3, 0.4) is 0 Å². The number of halogens is 1. The van der Waals surface area contributed by atoms with Crippen LogP contribution in [-0.4, -0.2) is 4.98 Å². The molecule has 1 N–H and O–H groups in total. The monoisotopic (exact) mass is 267 g/mol. The van der Waals surface area contributed by atoms with Crippen LogP contribution in [0.5, 0.6) is 0 Å². The summed E-state index contributed by atoms with van der Waals surface area (Å²) in [4.78, 5) is 3.39. The van der Waals surface area contributed by atoms with Crippen molar-refractivity contribution < 1.29 is 0 Å². The third-order valence-corrected chi connectivity index (χ3v) is 4.51. The first-order valence-electron chi connectivity index (χ1n) is 6.49. The van der Waals surface area contributed by atoms with E-state index in [4.69, 9.17) is 11.6 Å². The third kappa shape index (κ3) is 1.36. The van der Waals surface area contributed by atoms with E-state index in [1.165, 1.54) is 33.2 Å². The molecule has 1 aliphatic rings. The van der Waals surface area contributed by atoms with E-state index in [9.17, 15) is 0 Å². The maximum absolute atomic E-state index is 6.10. The van der Waals surface area contributed by atoms with E-state index in [1.807, 2.05) is 18.3 Å². The van der Waals surface area contributed by atoms with Crippen LogP contribution < -0.4 is 0 Å². The number of H-pyrrole nitrogens is 1. The number of aromatic amines is 1. The molecule has 0 unspecified atom stereocenters. The summed E-state index contributed by atoms with van der Waals surface area (Å²) in [6.45, 7) is 4.55. The zero-order chi connectivity index (χ0) is 13.2. The second-order valence-electron chi connectivity index (χ2n) is 5.78. The zero-order valence-corrected chi connectivity index (χ0v) is 11.7. The molecule has 19 heavy (non-hydrogen) atoms. The highest BCUT2D eigenvalue weighted by molar-refractivity contribution is 6.31. The normalized spacial score (nSPS) is 15.5. The lowest BCUT2D eigenvalue weighted by atomic mass is 9.84. The number of aromatic nitrogens is 1. The number of benzene rings is 2. The summed E-state index contributed by atoms with van der Waals surface area (Å²) in [6, 6.07) is 12.8. The second-order valence-corrected chi connectivity index (χ2v) is 6.22. The molecule has 0 aliphatic heterocycles. The van der Waals surface area contributed by atoms with Gasteiger partial charge in [0.25, 0.3) is 0 Å². The molecule has 0 saturated carbocycles. The summed E-state index contributed by atoms with van der Waals surface area (Å²) in [5.41, 5.74) is 5.40. The second kappa shape index (κ2) is 3.43. The lowest BCUT2D eigenvalue weighted by Gasteiger charge is -2.20. The van der Waals surface area contributed by atoms with Crippen molar-refractivity contribution in [2.75, 3.05) is 0 Å². The molecular weight excluding hydrogens is 254 g/mol. The van der Waals surface area contributed by atoms with Crippen molar-refractivity contribution >= 4 is 22.4 Å². The van der Waals surface area contributed by atoms with Crippen molar-refractivity contribution in [2.45, 2.75) is 19.3 Å². The molecule has 1 heterocycles. The number of hydrogen-bond donors (Lipinski definition) is 1. The number of fused-ring (bicyclic) bond motifs is 4. The molecule has 1 aliphatic carbocycles. The summed E-state index contributed by atoms with van der Waals surface area (Å²) in [6.07, 6.45) is 2.03. The van der Waals surface area contributed by atoms with Crippen LogP contribution in [0.2, 0.25) is 5.02 Å². The van der Waals surface area contributed by atoms with Crippen molar-refractivity contribution in [3.8, 4) is 11.1 Å². The third-order valence-electron chi connectivity index (χ3n) is 4.27. The molecule has 0 amide bonds. The van der Waals surface area contributed by atoms with Gasteiger partial charge in [-0.3, -0.25) is 0 Å². The molecule has 94 valence electrons. The predicted molar refractivity (Wildman–Crippen MR) is 80.9 cm³/mol. The van der Waals surface area contributed by atoms with Crippen molar-refractivity contribution in [1.82, 2.24) is 4.98 Å². The van der Waals surface area contributed by atoms with Gasteiger partial charge in [-0.15, -0.1) is 0 Å². The van der Waals surface area contributed by atoms with Gasteiger partial charge in [-0.1, -0.05) is 31.5 Å². The topological polar surface area (TPSA) is 15.8 Å². The molecule has 3 aromatic rings. The van der Waals surface area contributed by atoms with Gasteiger partial charge in [0.15, 0.2) is 0 Å². The molecule has 2 heteroatoms. The van der Waals surface area contributed by atoms with Gasteiger partial charge in [-0.25, -0.2) is 0 Å². The Balaban J connectivity index is 2.13. The molecule has 0 fully saturated rings. The Bertz CT molecular complexity index is 811. The lowest BCUT2D eigenvalue weighted by Crippen LogP contribution is -2.15. The van der Waals surface area contributed by atoms with E-state index in [0.29, 0.717) is 0 Å². The van der Waals surface area contributed by atoms with E-state index >= 15 is 0 Å². The predicted octanol–water partition coefficient (Wildman–Crippen LogP) is 5.13. The number of nitrogens with one attached hydrogen (secondary N) is 1. The minimum Gasteiger partial charge on any atom is -0.364 e. The Morgan fingerprint density at radius 1 is 0.947 bits per heavy atom. The van der Waals surface area contributed by atoms with Crippen molar-refractivity contribution in [3.63, 3.8) is 0 Å². The quantitative estimate of drug-likeness (QED) is 0.581. The maximum atomic E-state index is 6.10. The van der Waals surface area contributed by atoms with Gasteiger partial charge < -0.3 is 4.98 Å². The highest BCUT2D eigenvalue weighted by Gasteiger charge is 2.36. The Morgan fingerprint density at radius 3 is 2.63 bits per heavy atom. The van der Waals surface area contributed by atoms with Crippen LogP contribution in [0.25, 0.3) is 21.9 Å². The SMILES string of the molecule is CC1(C)c2cc3ccc(Cl)cc3cc2-c2cc[nH]c21. The molecule has 1 aromatic heterocycles. The maximum Gasteiger partial charge on any atom is 0.0412 e. The summed E-state index contributed by atoms with van der Waals surface area (Å²) in [5, 5.41) is 3.25. The van der Waals surface area contributed by atoms with Crippen LogP contribution in [0, 0.1) is 0 Å². The smallest absolute Gasteiger partial charge is 0.0412 e. The summed E-state index contributed by atoms with van der Waals surface area (Å²) in [5.74, 6) is 0. The Kier molecular flexibility index (Phi) is 2.01. The highest BCUT2D eigenvalue weighted by atomic mass is 35.5. The first-order chi connectivity index (χ1) is 9.07. The van der Waals surface area contributed by atoms with E-state index in [0.717, 1.165) is 5.02 Å². The molecule has 1 nitrogen and oxygen atoms in total. The van der Waals surface area contributed by atoms with Gasteiger partial charge in [0.05, 0.1) is 0 Å². The molecule has 2 aromatic carbocycles. The van der Waals surface area contributed by atoms with Crippen LogP contribution in [0.1, 0.15) is 25.1 Å². The van der Waals surface area contributed by atoms with Gasteiger partial charge in [-0.05, 0) is 52.2 Å². The minimum absolute atomic E-state index is 0.0436. The number of rotatable bonds is 0. The largest absolute Gasteiger partial charge is 0.364 e. The fraction of sp³-hybridized carbons (Fsp3) is 0.176.